The van der Waals surface area contributed by atoms with Crippen molar-refractivity contribution in [2.75, 3.05) is 0 Å². The summed E-state index contributed by atoms with van der Waals surface area (Å²) in [6.45, 7) is 6.31. The summed E-state index contributed by atoms with van der Waals surface area (Å²) in [6.07, 6.45) is 1.76. The number of hydrogen-bond acceptors (Lipinski definition) is 3. The van der Waals surface area contributed by atoms with Crippen molar-refractivity contribution in [1.82, 2.24) is 10.2 Å². The van der Waals surface area contributed by atoms with Crippen LogP contribution >= 0.6 is 0 Å². The molecule has 2 aromatic rings. The van der Waals surface area contributed by atoms with Crippen LogP contribution in [-0.4, -0.2) is 39.5 Å². The molecular formula is C13H19BN2O2. The highest BCUT2D eigenvalue weighted by atomic mass is 16.3. The first-order valence-corrected chi connectivity index (χ1v) is 5.74. The maximum atomic E-state index is 9.10. The fraction of sp³-hybridized carbons (Fsp3) is 0.462. The van der Waals surface area contributed by atoms with Gasteiger partial charge in [-0.3, -0.25) is 5.10 Å². The molecular weight excluding hydrogens is 227 g/mol. The topological polar surface area (TPSA) is 69.1 Å². The van der Waals surface area contributed by atoms with Gasteiger partial charge in [0.2, 0.25) is 0 Å². The Bertz CT molecular complexity index is 497. The van der Waals surface area contributed by atoms with Gasteiger partial charge in [0.1, 0.15) is 7.85 Å². The fourth-order valence-electron chi connectivity index (χ4n) is 0.961. The molecule has 2 rings (SSSR count). The van der Waals surface area contributed by atoms with Gasteiger partial charge in [0.25, 0.3) is 0 Å². The Balaban J connectivity index is 0.000000187. The average molecular weight is 246 g/mol. The van der Waals surface area contributed by atoms with E-state index in [9.17, 15) is 0 Å². The van der Waals surface area contributed by atoms with E-state index in [1.165, 1.54) is 0 Å². The van der Waals surface area contributed by atoms with Crippen LogP contribution in [0.25, 0.3) is 10.9 Å². The van der Waals surface area contributed by atoms with Crippen LogP contribution in [0.3, 0.4) is 0 Å². The molecule has 0 fully saturated rings. The van der Waals surface area contributed by atoms with Crippen molar-refractivity contribution in [2.45, 2.75) is 38.9 Å². The number of benzene rings is 1. The van der Waals surface area contributed by atoms with E-state index in [0.717, 1.165) is 16.4 Å². The Kier molecular flexibility index (Phi) is 4.19. The molecule has 5 heteroatoms. The Morgan fingerprint density at radius 3 is 2.17 bits per heavy atom. The normalized spacial score (nSPS) is 12.1. The molecule has 18 heavy (non-hydrogen) atoms. The number of aromatic nitrogens is 2. The first kappa shape index (κ1) is 14.7. The number of rotatable bonds is 1. The number of aliphatic hydroxyl groups is 2. The van der Waals surface area contributed by atoms with E-state index in [1.54, 1.807) is 33.9 Å². The average Bonchev–Trinajstić information content (AvgIpc) is 2.62. The third kappa shape index (κ3) is 3.86. The lowest BCUT2D eigenvalue weighted by Gasteiger charge is -2.31. The molecule has 1 heterocycles. The molecule has 0 atom stereocenters. The largest absolute Gasteiger partial charge is 0.387 e. The standard InChI is InChI=1S/C7H5BN2.C6H14O2/c8-6-1-2-7-5(3-6)4-9-10-7;1-5(2,7)6(3,4)8/h1-4H,(H,9,10);7-8H,1-4H3. The van der Waals surface area contributed by atoms with Crippen molar-refractivity contribution in [3.8, 4) is 0 Å². The van der Waals surface area contributed by atoms with Gasteiger partial charge in [-0.2, -0.15) is 5.10 Å². The van der Waals surface area contributed by atoms with E-state index < -0.39 is 11.2 Å². The summed E-state index contributed by atoms with van der Waals surface area (Å²) in [5.41, 5.74) is -0.219. The Morgan fingerprint density at radius 2 is 1.67 bits per heavy atom. The van der Waals surface area contributed by atoms with Crippen molar-refractivity contribution >= 4 is 24.2 Å². The zero-order valence-electron chi connectivity index (χ0n) is 11.2. The maximum Gasteiger partial charge on any atom is 0.113 e. The lowest BCUT2D eigenvalue weighted by atomic mass is 9.90. The second kappa shape index (κ2) is 5.12. The highest BCUT2D eigenvalue weighted by Gasteiger charge is 2.31. The van der Waals surface area contributed by atoms with E-state index in [0.29, 0.717) is 0 Å². The predicted molar refractivity (Wildman–Crippen MR) is 74.1 cm³/mol. The van der Waals surface area contributed by atoms with E-state index in [2.05, 4.69) is 10.2 Å². The van der Waals surface area contributed by atoms with Gasteiger partial charge in [0, 0.05) is 5.39 Å². The summed E-state index contributed by atoms with van der Waals surface area (Å²) < 4.78 is 0. The molecule has 4 nitrogen and oxygen atoms in total. The lowest BCUT2D eigenvalue weighted by Crippen LogP contribution is -2.44. The Morgan fingerprint density at radius 1 is 1.11 bits per heavy atom. The van der Waals surface area contributed by atoms with E-state index in [4.69, 9.17) is 18.1 Å². The number of nitrogens with zero attached hydrogens (tertiary/aromatic N) is 1. The third-order valence-corrected chi connectivity index (χ3v) is 2.96. The zero-order chi connectivity index (χ0) is 14.0. The Hall–Kier alpha value is -1.33. The molecule has 0 saturated heterocycles. The van der Waals surface area contributed by atoms with Crippen LogP contribution in [0.2, 0.25) is 0 Å². The van der Waals surface area contributed by atoms with E-state index in [1.807, 2.05) is 18.2 Å². The van der Waals surface area contributed by atoms with Gasteiger partial charge in [-0.25, -0.2) is 0 Å². The molecule has 1 aromatic heterocycles. The lowest BCUT2D eigenvalue weighted by molar-refractivity contribution is -0.107. The molecule has 2 radical (unpaired) electrons. The Labute approximate surface area is 108 Å². The quantitative estimate of drug-likeness (QED) is 0.654. The van der Waals surface area contributed by atoms with Crippen LogP contribution in [0.4, 0.5) is 0 Å². The fourth-order valence-corrected chi connectivity index (χ4v) is 0.961. The maximum absolute atomic E-state index is 9.10. The smallest absolute Gasteiger partial charge is 0.113 e. The molecule has 0 aliphatic carbocycles. The predicted octanol–water partition coefficient (Wildman–Crippen LogP) is 0.885. The van der Waals surface area contributed by atoms with Crippen molar-refractivity contribution < 1.29 is 10.2 Å². The first-order valence-electron chi connectivity index (χ1n) is 5.74. The minimum absolute atomic E-state index is 0.772. The number of H-pyrrole nitrogens is 1. The molecule has 96 valence electrons. The summed E-state index contributed by atoms with van der Waals surface area (Å²) in [7, 11) is 5.54. The summed E-state index contributed by atoms with van der Waals surface area (Å²) in [5, 5.41) is 26.0. The van der Waals surface area contributed by atoms with Crippen LogP contribution in [0.15, 0.2) is 24.4 Å². The highest BCUT2D eigenvalue weighted by molar-refractivity contribution is 6.33. The first-order chi connectivity index (χ1) is 8.11. The van der Waals surface area contributed by atoms with Gasteiger partial charge in [0.15, 0.2) is 0 Å². The SMILES string of the molecule is CC(C)(O)C(C)(C)O.[B]c1ccc2[nH]ncc2c1. The van der Waals surface area contributed by atoms with Gasteiger partial charge in [-0.15, -0.1) is 0 Å². The molecule has 0 unspecified atom stereocenters. The van der Waals surface area contributed by atoms with Crippen LogP contribution in [0.5, 0.6) is 0 Å². The summed E-state index contributed by atoms with van der Waals surface area (Å²) in [5.74, 6) is 0. The monoisotopic (exact) mass is 246 g/mol. The van der Waals surface area contributed by atoms with Crippen molar-refractivity contribution in [1.29, 1.82) is 0 Å². The summed E-state index contributed by atoms with van der Waals surface area (Å²) >= 11 is 0. The van der Waals surface area contributed by atoms with Crippen molar-refractivity contribution in [2.24, 2.45) is 0 Å². The molecule has 1 aromatic carbocycles. The molecule has 0 aliphatic rings. The van der Waals surface area contributed by atoms with Crippen LogP contribution in [0.1, 0.15) is 27.7 Å². The van der Waals surface area contributed by atoms with Crippen LogP contribution < -0.4 is 5.46 Å². The minimum atomic E-state index is -1.01. The highest BCUT2D eigenvalue weighted by Crippen LogP contribution is 2.19. The van der Waals surface area contributed by atoms with Gasteiger partial charge in [0.05, 0.1) is 22.9 Å². The van der Waals surface area contributed by atoms with Gasteiger partial charge in [-0.1, -0.05) is 17.6 Å². The van der Waals surface area contributed by atoms with Crippen molar-refractivity contribution in [3.05, 3.63) is 24.4 Å². The van der Waals surface area contributed by atoms with Crippen molar-refractivity contribution in [3.63, 3.8) is 0 Å². The number of hydrogen-bond donors (Lipinski definition) is 3. The van der Waals surface area contributed by atoms with E-state index in [-0.39, 0.29) is 0 Å². The molecule has 0 bridgehead atoms. The number of fused-ring (bicyclic) bond motifs is 1. The zero-order valence-corrected chi connectivity index (χ0v) is 11.2. The second-order valence-electron chi connectivity index (χ2n) is 5.33. The van der Waals surface area contributed by atoms with Gasteiger partial charge < -0.3 is 10.2 Å². The number of aromatic amines is 1. The molecule has 0 saturated carbocycles. The molecule has 0 spiro atoms. The minimum Gasteiger partial charge on any atom is -0.387 e. The summed E-state index contributed by atoms with van der Waals surface area (Å²) in [4.78, 5) is 0. The van der Waals surface area contributed by atoms with E-state index >= 15 is 0 Å². The third-order valence-electron chi connectivity index (χ3n) is 2.96. The molecule has 0 amide bonds. The van der Waals surface area contributed by atoms with Gasteiger partial charge in [-0.05, 0) is 33.8 Å². The van der Waals surface area contributed by atoms with Crippen LogP contribution in [-0.2, 0) is 0 Å². The van der Waals surface area contributed by atoms with Gasteiger partial charge >= 0.3 is 0 Å². The number of nitrogens with one attached hydrogen (secondary N) is 1. The second-order valence-corrected chi connectivity index (χ2v) is 5.33. The van der Waals surface area contributed by atoms with Crippen LogP contribution in [0, 0.1) is 0 Å². The summed E-state index contributed by atoms with van der Waals surface area (Å²) in [6, 6.07) is 5.65. The molecule has 3 N–H and O–H groups in total. The molecule has 0 aliphatic heterocycles.